The number of amides is 2. The highest BCUT2D eigenvalue weighted by atomic mass is 16.5. The second-order valence-electron chi connectivity index (χ2n) is 6.31. The third kappa shape index (κ3) is 8.85. The van der Waals surface area contributed by atoms with Crippen LogP contribution in [0.25, 0.3) is 0 Å². The number of imide groups is 1. The summed E-state index contributed by atoms with van der Waals surface area (Å²) in [6, 6.07) is 0. The van der Waals surface area contributed by atoms with Crippen molar-refractivity contribution in [1.82, 2.24) is 4.90 Å². The molecule has 24 heavy (non-hydrogen) atoms. The first-order chi connectivity index (χ1) is 11.6. The smallest absolute Gasteiger partial charge is 0.305 e. The van der Waals surface area contributed by atoms with E-state index in [-0.39, 0.29) is 17.8 Å². The van der Waals surface area contributed by atoms with E-state index in [0.717, 1.165) is 51.4 Å². The van der Waals surface area contributed by atoms with Crippen molar-refractivity contribution < 1.29 is 19.1 Å². The van der Waals surface area contributed by atoms with Crippen molar-refractivity contribution in [3.63, 3.8) is 0 Å². The molecule has 0 saturated heterocycles. The molecule has 0 aromatic rings. The Morgan fingerprint density at radius 3 is 2.00 bits per heavy atom. The van der Waals surface area contributed by atoms with Gasteiger partial charge in [0.1, 0.15) is 0 Å². The molecule has 1 rings (SSSR count). The molecular formula is C19H31NO4. The second kappa shape index (κ2) is 12.7. The van der Waals surface area contributed by atoms with Crippen LogP contribution in [0, 0.1) is 0 Å². The van der Waals surface area contributed by atoms with Crippen LogP contribution in [0.3, 0.4) is 0 Å². The molecule has 5 nitrogen and oxygen atoms in total. The minimum absolute atomic E-state index is 0.0658. The number of carbonyl (C=O) groups excluding carboxylic acids is 3. The summed E-state index contributed by atoms with van der Waals surface area (Å²) in [6.45, 7) is 3.17. The molecule has 0 fully saturated rings. The molecule has 0 aromatic heterocycles. The third-order valence-electron chi connectivity index (χ3n) is 4.17. The molecular weight excluding hydrogens is 306 g/mol. The highest BCUT2D eigenvalue weighted by Gasteiger charge is 2.21. The van der Waals surface area contributed by atoms with Gasteiger partial charge in [-0.25, -0.2) is 0 Å². The van der Waals surface area contributed by atoms with E-state index in [2.05, 4.69) is 6.92 Å². The number of hydrogen-bond donors (Lipinski definition) is 0. The lowest BCUT2D eigenvalue weighted by atomic mass is 10.1. The van der Waals surface area contributed by atoms with Gasteiger partial charge in [-0.3, -0.25) is 19.3 Å². The number of hydrogen-bond acceptors (Lipinski definition) is 4. The highest BCUT2D eigenvalue weighted by Crippen LogP contribution is 2.12. The molecule has 136 valence electrons. The number of nitrogens with zero attached hydrogens (tertiary/aromatic N) is 1. The average Bonchev–Trinajstić information content (AvgIpc) is 2.88. The van der Waals surface area contributed by atoms with Crippen molar-refractivity contribution in [1.29, 1.82) is 0 Å². The van der Waals surface area contributed by atoms with Crippen molar-refractivity contribution in [2.75, 3.05) is 13.2 Å². The van der Waals surface area contributed by atoms with E-state index in [4.69, 9.17) is 4.74 Å². The average molecular weight is 337 g/mol. The molecule has 0 radical (unpaired) electrons. The first-order valence-electron chi connectivity index (χ1n) is 9.34. The van der Waals surface area contributed by atoms with Gasteiger partial charge in [-0.05, 0) is 19.3 Å². The van der Waals surface area contributed by atoms with Gasteiger partial charge in [0.2, 0.25) is 0 Å². The number of unbranched alkanes of at least 4 members (excludes halogenated alkanes) is 8. The van der Waals surface area contributed by atoms with Crippen LogP contribution in [0.15, 0.2) is 12.2 Å². The van der Waals surface area contributed by atoms with Gasteiger partial charge in [-0.1, -0.05) is 51.9 Å². The maximum Gasteiger partial charge on any atom is 0.305 e. The SMILES string of the molecule is CCCCOC(=O)CCCCCCCCCCN1C(=O)C=CC1=O. The monoisotopic (exact) mass is 337 g/mol. The Balaban J connectivity index is 1.83. The zero-order valence-electron chi connectivity index (χ0n) is 14.9. The minimum Gasteiger partial charge on any atom is -0.466 e. The van der Waals surface area contributed by atoms with Crippen molar-refractivity contribution in [3.05, 3.63) is 12.2 Å². The zero-order chi connectivity index (χ0) is 17.6. The van der Waals surface area contributed by atoms with Crippen LogP contribution in [-0.2, 0) is 19.1 Å². The van der Waals surface area contributed by atoms with E-state index >= 15 is 0 Å². The minimum atomic E-state index is -0.187. The molecule has 1 aliphatic rings. The quantitative estimate of drug-likeness (QED) is 0.275. The van der Waals surface area contributed by atoms with Crippen LogP contribution in [0.5, 0.6) is 0 Å². The molecule has 1 aliphatic heterocycles. The van der Waals surface area contributed by atoms with Crippen LogP contribution < -0.4 is 0 Å². The Bertz CT molecular complexity index is 413. The Labute approximate surface area is 145 Å². The molecule has 0 spiro atoms. The fourth-order valence-electron chi connectivity index (χ4n) is 2.65. The maximum atomic E-state index is 11.4. The van der Waals surface area contributed by atoms with E-state index in [1.165, 1.54) is 29.9 Å². The van der Waals surface area contributed by atoms with E-state index in [1.54, 1.807) is 0 Å². The molecule has 5 heteroatoms. The molecule has 2 amide bonds. The van der Waals surface area contributed by atoms with E-state index < -0.39 is 0 Å². The topological polar surface area (TPSA) is 63.7 Å². The van der Waals surface area contributed by atoms with E-state index in [1.807, 2.05) is 0 Å². The van der Waals surface area contributed by atoms with E-state index in [0.29, 0.717) is 19.6 Å². The van der Waals surface area contributed by atoms with Crippen LogP contribution in [0.2, 0.25) is 0 Å². The summed E-state index contributed by atoms with van der Waals surface area (Å²) in [7, 11) is 0. The molecule has 0 aromatic carbocycles. The summed E-state index contributed by atoms with van der Waals surface area (Å²) >= 11 is 0. The van der Waals surface area contributed by atoms with Crippen molar-refractivity contribution in [3.8, 4) is 0 Å². The molecule has 0 aliphatic carbocycles. The Hall–Kier alpha value is -1.65. The van der Waals surface area contributed by atoms with Crippen LogP contribution in [-0.4, -0.2) is 35.8 Å². The number of carbonyl (C=O) groups is 3. The van der Waals surface area contributed by atoms with Gasteiger partial charge in [0, 0.05) is 25.1 Å². The normalized spacial score (nSPS) is 13.8. The fourth-order valence-corrected chi connectivity index (χ4v) is 2.65. The van der Waals surface area contributed by atoms with Gasteiger partial charge in [-0.2, -0.15) is 0 Å². The van der Waals surface area contributed by atoms with Crippen LogP contribution >= 0.6 is 0 Å². The van der Waals surface area contributed by atoms with Crippen molar-refractivity contribution in [2.45, 2.75) is 77.6 Å². The van der Waals surface area contributed by atoms with Gasteiger partial charge in [0.15, 0.2) is 0 Å². The number of esters is 1. The standard InChI is InChI=1S/C19H31NO4/c1-2-3-16-24-19(23)12-10-8-6-4-5-7-9-11-15-20-17(21)13-14-18(20)22/h13-14H,2-12,15-16H2,1H3. The van der Waals surface area contributed by atoms with Gasteiger partial charge in [-0.15, -0.1) is 0 Å². The number of ether oxygens (including phenoxy) is 1. The Morgan fingerprint density at radius 2 is 1.42 bits per heavy atom. The third-order valence-corrected chi connectivity index (χ3v) is 4.17. The first-order valence-corrected chi connectivity index (χ1v) is 9.34. The molecule has 0 unspecified atom stereocenters. The Kier molecular flexibility index (Phi) is 10.8. The lowest BCUT2D eigenvalue weighted by Gasteiger charge is -2.12. The highest BCUT2D eigenvalue weighted by molar-refractivity contribution is 6.12. The van der Waals surface area contributed by atoms with Gasteiger partial charge in [0.05, 0.1) is 6.61 Å². The summed E-state index contributed by atoms with van der Waals surface area (Å²) in [5.74, 6) is -0.439. The van der Waals surface area contributed by atoms with Gasteiger partial charge >= 0.3 is 5.97 Å². The van der Waals surface area contributed by atoms with Gasteiger partial charge < -0.3 is 4.74 Å². The maximum absolute atomic E-state index is 11.4. The summed E-state index contributed by atoms with van der Waals surface area (Å²) in [6.07, 6.45) is 13.7. The molecule has 0 N–H and O–H groups in total. The summed E-state index contributed by atoms with van der Waals surface area (Å²) in [5.41, 5.74) is 0. The van der Waals surface area contributed by atoms with Crippen molar-refractivity contribution >= 4 is 17.8 Å². The fraction of sp³-hybridized carbons (Fsp3) is 0.737. The second-order valence-corrected chi connectivity index (χ2v) is 6.31. The Morgan fingerprint density at radius 1 is 0.875 bits per heavy atom. The lowest BCUT2D eigenvalue weighted by Crippen LogP contribution is -2.30. The number of rotatable bonds is 14. The lowest BCUT2D eigenvalue weighted by molar-refractivity contribution is -0.144. The molecule has 1 heterocycles. The summed E-state index contributed by atoms with van der Waals surface area (Å²) < 4.78 is 5.12. The van der Waals surface area contributed by atoms with E-state index in [9.17, 15) is 14.4 Å². The predicted octanol–water partition coefficient (Wildman–Crippen LogP) is 3.77. The molecule has 0 saturated carbocycles. The summed E-state index contributed by atoms with van der Waals surface area (Å²) in [5, 5.41) is 0. The van der Waals surface area contributed by atoms with Crippen molar-refractivity contribution in [2.24, 2.45) is 0 Å². The predicted molar refractivity (Wildman–Crippen MR) is 93.3 cm³/mol. The zero-order valence-corrected chi connectivity index (χ0v) is 14.9. The molecule has 0 atom stereocenters. The van der Waals surface area contributed by atoms with Gasteiger partial charge in [0.25, 0.3) is 11.8 Å². The molecule has 0 bridgehead atoms. The largest absolute Gasteiger partial charge is 0.466 e. The van der Waals surface area contributed by atoms with Crippen LogP contribution in [0.4, 0.5) is 0 Å². The summed E-state index contributed by atoms with van der Waals surface area (Å²) in [4.78, 5) is 35.4. The van der Waals surface area contributed by atoms with Crippen LogP contribution in [0.1, 0.15) is 77.6 Å². The first kappa shape index (κ1) is 20.4.